The van der Waals surface area contributed by atoms with Crippen molar-refractivity contribution in [1.29, 1.82) is 0 Å². The Hall–Kier alpha value is 0.220. The molecule has 0 N–H and O–H groups in total. The highest BCUT2D eigenvalue weighted by molar-refractivity contribution is 5.85. The number of hydrogen-bond donors (Lipinski definition) is 0. The standard InChI is InChI=1S/C3H8.ClH.FH/c1-3-2;;/h3H2,1-2H3;2*1H. The third-order valence-corrected chi connectivity index (χ3v) is 0. The van der Waals surface area contributed by atoms with Crippen LogP contribution in [0.15, 0.2) is 0 Å². The molecule has 0 aliphatic heterocycles. The summed E-state index contributed by atoms with van der Waals surface area (Å²) in [4.78, 5) is 0. The Morgan fingerprint density at radius 3 is 1.20 bits per heavy atom. The third kappa shape index (κ3) is 430. The molecule has 36 valence electrons. The normalized spacial score (nSPS) is 3.60. The van der Waals surface area contributed by atoms with E-state index < -0.39 is 0 Å². The molecule has 0 radical (unpaired) electrons. The van der Waals surface area contributed by atoms with Gasteiger partial charge in [-0.05, 0) is 0 Å². The maximum atomic E-state index is 2.12. The quantitative estimate of drug-likeness (QED) is 0.437. The second-order valence-corrected chi connectivity index (χ2v) is 0.707. The smallest absolute Gasteiger partial charge is 0.0590 e. The fourth-order valence-electron chi connectivity index (χ4n) is 0. The van der Waals surface area contributed by atoms with Crippen LogP contribution < -0.4 is 0 Å². The molecule has 0 aliphatic carbocycles. The van der Waals surface area contributed by atoms with Crippen LogP contribution >= 0.6 is 12.4 Å². The average Bonchev–Trinajstić information content (AvgIpc) is 0.918. The Labute approximate surface area is 38.4 Å². The minimum atomic E-state index is 0. The molecule has 0 nitrogen and oxygen atoms in total. The summed E-state index contributed by atoms with van der Waals surface area (Å²) >= 11 is 0. The van der Waals surface area contributed by atoms with Crippen LogP contribution in [0.1, 0.15) is 20.3 Å². The number of rotatable bonds is 0. The lowest BCUT2D eigenvalue weighted by atomic mass is 10.6. The van der Waals surface area contributed by atoms with E-state index in [0.29, 0.717) is 0 Å². The Morgan fingerprint density at radius 2 is 1.20 bits per heavy atom. The van der Waals surface area contributed by atoms with Crippen molar-refractivity contribution < 1.29 is 4.70 Å². The van der Waals surface area contributed by atoms with Gasteiger partial charge in [-0.3, -0.25) is 4.70 Å². The number of halogens is 2. The lowest BCUT2D eigenvalue weighted by Gasteiger charge is -1.48. The SMILES string of the molecule is CCC.Cl.F. The molecule has 0 aromatic heterocycles. The molecule has 5 heavy (non-hydrogen) atoms. The molecule has 0 amide bonds. The van der Waals surface area contributed by atoms with Crippen molar-refractivity contribution in [3.8, 4) is 0 Å². The van der Waals surface area contributed by atoms with Gasteiger partial charge in [-0.2, -0.15) is 0 Å². The molecule has 0 fully saturated rings. The highest BCUT2D eigenvalue weighted by atomic mass is 35.5. The first-order valence-electron chi connectivity index (χ1n) is 1.41. The van der Waals surface area contributed by atoms with Gasteiger partial charge in [-0.15, -0.1) is 12.4 Å². The van der Waals surface area contributed by atoms with Crippen LogP contribution in [0.2, 0.25) is 0 Å². The maximum Gasteiger partial charge on any atom is -0.0590 e. The van der Waals surface area contributed by atoms with Gasteiger partial charge in [0, 0.05) is 0 Å². The highest BCUT2D eigenvalue weighted by Crippen LogP contribution is 1.56. The summed E-state index contributed by atoms with van der Waals surface area (Å²) in [6, 6.07) is 0. The second kappa shape index (κ2) is 29.4. The minimum absolute atomic E-state index is 0. The maximum absolute atomic E-state index is 2.12. The van der Waals surface area contributed by atoms with Crippen LogP contribution in [0.25, 0.3) is 0 Å². The molecule has 2 heteroatoms. The summed E-state index contributed by atoms with van der Waals surface area (Å²) in [5.41, 5.74) is 0. The van der Waals surface area contributed by atoms with Gasteiger partial charge in [0.15, 0.2) is 0 Å². The largest absolute Gasteiger partial charge is 0.269 e. The summed E-state index contributed by atoms with van der Waals surface area (Å²) in [6.07, 6.45) is 1.25. The fourth-order valence-corrected chi connectivity index (χ4v) is 0. The molecule has 0 aromatic rings. The van der Waals surface area contributed by atoms with E-state index in [1.165, 1.54) is 6.42 Å². The molecule has 0 heterocycles. The Balaban J connectivity index is -0.0000000200. The molecule has 0 saturated carbocycles. The zero-order valence-electron chi connectivity index (χ0n) is 3.52. The molecule has 0 rings (SSSR count). The zero-order chi connectivity index (χ0) is 2.71. The first-order valence-corrected chi connectivity index (χ1v) is 1.41. The van der Waals surface area contributed by atoms with Crippen LogP contribution in [0.4, 0.5) is 4.70 Å². The molecular formula is C3H10ClF. The van der Waals surface area contributed by atoms with Gasteiger partial charge in [-0.1, -0.05) is 20.3 Å². The predicted molar refractivity (Wildman–Crippen MR) is 25.7 cm³/mol. The van der Waals surface area contributed by atoms with E-state index in [1.807, 2.05) is 0 Å². The lowest BCUT2D eigenvalue weighted by molar-refractivity contribution is 1.09. The van der Waals surface area contributed by atoms with Gasteiger partial charge >= 0.3 is 0 Å². The second-order valence-electron chi connectivity index (χ2n) is 0.707. The topological polar surface area (TPSA) is 0 Å². The molecule has 0 bridgehead atoms. The van der Waals surface area contributed by atoms with Crippen molar-refractivity contribution in [2.45, 2.75) is 20.3 Å². The van der Waals surface area contributed by atoms with Gasteiger partial charge in [0.05, 0.1) is 0 Å². The zero-order valence-corrected chi connectivity index (χ0v) is 4.34. The average molecular weight is 101 g/mol. The van der Waals surface area contributed by atoms with Crippen LogP contribution in [0, 0.1) is 0 Å². The van der Waals surface area contributed by atoms with Gasteiger partial charge in [-0.25, -0.2) is 0 Å². The first kappa shape index (κ1) is 18.9. The minimum Gasteiger partial charge on any atom is -0.269 e. The van der Waals surface area contributed by atoms with E-state index in [0.717, 1.165) is 0 Å². The van der Waals surface area contributed by atoms with Gasteiger partial charge in [0.25, 0.3) is 0 Å². The van der Waals surface area contributed by atoms with Crippen LogP contribution in [0.3, 0.4) is 0 Å². The molecule has 0 aromatic carbocycles. The summed E-state index contributed by atoms with van der Waals surface area (Å²) in [5.74, 6) is 0. The summed E-state index contributed by atoms with van der Waals surface area (Å²) < 4.78 is 0. The molecular weight excluding hydrogens is 90.5 g/mol. The van der Waals surface area contributed by atoms with Crippen molar-refractivity contribution in [1.82, 2.24) is 0 Å². The van der Waals surface area contributed by atoms with Gasteiger partial charge in [0.1, 0.15) is 0 Å². The van der Waals surface area contributed by atoms with Crippen LogP contribution in [0.5, 0.6) is 0 Å². The predicted octanol–water partition coefficient (Wildman–Crippen LogP) is 1.99. The first-order chi connectivity index (χ1) is 1.41. The molecule has 0 spiro atoms. The van der Waals surface area contributed by atoms with Gasteiger partial charge in [0.2, 0.25) is 0 Å². The van der Waals surface area contributed by atoms with Crippen LogP contribution in [-0.4, -0.2) is 0 Å². The fraction of sp³-hybridized carbons (Fsp3) is 1.00. The molecule has 0 saturated heterocycles. The van der Waals surface area contributed by atoms with Crippen LogP contribution in [-0.2, 0) is 0 Å². The summed E-state index contributed by atoms with van der Waals surface area (Å²) in [5, 5.41) is 0. The van der Waals surface area contributed by atoms with Crippen molar-refractivity contribution in [2.24, 2.45) is 0 Å². The number of hydrogen-bond acceptors (Lipinski definition) is 0. The third-order valence-electron chi connectivity index (χ3n) is 0. The Morgan fingerprint density at radius 1 is 1.20 bits per heavy atom. The Bertz CT molecular complexity index is 6.85. The summed E-state index contributed by atoms with van der Waals surface area (Å²) in [7, 11) is 0. The van der Waals surface area contributed by atoms with E-state index in [4.69, 9.17) is 0 Å². The molecule has 0 aliphatic rings. The Kier molecular flexibility index (Phi) is 111. The van der Waals surface area contributed by atoms with Crippen molar-refractivity contribution in [3.63, 3.8) is 0 Å². The van der Waals surface area contributed by atoms with Crippen molar-refractivity contribution >= 4 is 12.4 Å². The highest BCUT2D eigenvalue weighted by Gasteiger charge is 1.35. The van der Waals surface area contributed by atoms with Crippen molar-refractivity contribution in [3.05, 3.63) is 0 Å². The molecule has 0 atom stereocenters. The molecule has 0 unspecified atom stereocenters. The lowest BCUT2D eigenvalue weighted by Crippen LogP contribution is -1.27. The summed E-state index contributed by atoms with van der Waals surface area (Å²) in [6.45, 7) is 4.25. The van der Waals surface area contributed by atoms with Crippen molar-refractivity contribution in [2.75, 3.05) is 0 Å². The van der Waals surface area contributed by atoms with Gasteiger partial charge < -0.3 is 0 Å². The van der Waals surface area contributed by atoms with E-state index >= 15 is 0 Å². The van der Waals surface area contributed by atoms with E-state index in [2.05, 4.69) is 13.8 Å². The van der Waals surface area contributed by atoms with E-state index in [9.17, 15) is 0 Å². The van der Waals surface area contributed by atoms with E-state index in [1.54, 1.807) is 0 Å². The van der Waals surface area contributed by atoms with E-state index in [-0.39, 0.29) is 17.1 Å². The monoisotopic (exact) mass is 100 g/mol.